The van der Waals surface area contributed by atoms with E-state index in [-0.39, 0.29) is 12.5 Å². The summed E-state index contributed by atoms with van der Waals surface area (Å²) in [5, 5.41) is 17.2. The summed E-state index contributed by atoms with van der Waals surface area (Å²) in [6, 6.07) is 7.65. The second-order valence-electron chi connectivity index (χ2n) is 7.65. The van der Waals surface area contributed by atoms with Gasteiger partial charge in [-0.2, -0.15) is 10.4 Å². The van der Waals surface area contributed by atoms with Crippen LogP contribution < -0.4 is 16.9 Å². The van der Waals surface area contributed by atoms with Crippen molar-refractivity contribution in [3.8, 4) is 6.07 Å². The molecule has 2 aromatic rings. The van der Waals surface area contributed by atoms with Crippen molar-refractivity contribution in [2.24, 2.45) is 11.6 Å². The standard InChI is InChI=1S/C15H17N7O.C6H12/c16-10-15(4-5-15)22(18)9-11(17)7-19-14(23)12-8-20-21-6-2-1-3-13(12)21;1-2-4-6-5-3-1/h1-3,6,8-9H,4-5,7,17-18H2,(H,19,23);1-6H2/b11-9-;. The Kier molecular flexibility index (Phi) is 6.73. The van der Waals surface area contributed by atoms with Crippen LogP contribution in [-0.2, 0) is 0 Å². The van der Waals surface area contributed by atoms with Gasteiger partial charge in [0.05, 0.1) is 29.9 Å². The minimum absolute atomic E-state index is 0.137. The van der Waals surface area contributed by atoms with Gasteiger partial charge in [-0.25, -0.2) is 10.4 Å². The van der Waals surface area contributed by atoms with Crippen molar-refractivity contribution in [3.05, 3.63) is 48.1 Å². The normalized spacial score (nSPS) is 17.6. The fourth-order valence-electron chi connectivity index (χ4n) is 3.34. The second kappa shape index (κ2) is 9.43. The maximum atomic E-state index is 12.2. The highest BCUT2D eigenvalue weighted by molar-refractivity contribution is 6.00. The molecule has 8 nitrogen and oxygen atoms in total. The molecule has 0 saturated heterocycles. The van der Waals surface area contributed by atoms with Crippen molar-refractivity contribution in [1.82, 2.24) is 19.9 Å². The zero-order valence-electron chi connectivity index (χ0n) is 16.7. The van der Waals surface area contributed by atoms with Crippen molar-refractivity contribution in [3.63, 3.8) is 0 Å². The Hall–Kier alpha value is -3.05. The lowest BCUT2D eigenvalue weighted by Crippen LogP contribution is -2.39. The number of nitrogens with zero attached hydrogens (tertiary/aromatic N) is 4. The minimum atomic E-state index is -0.642. The van der Waals surface area contributed by atoms with Crippen molar-refractivity contribution >= 4 is 11.4 Å². The van der Waals surface area contributed by atoms with E-state index in [0.29, 0.717) is 11.3 Å². The molecule has 2 saturated carbocycles. The van der Waals surface area contributed by atoms with Gasteiger partial charge in [0, 0.05) is 18.1 Å². The van der Waals surface area contributed by atoms with Gasteiger partial charge in [-0.05, 0) is 25.0 Å². The maximum absolute atomic E-state index is 12.2. The lowest BCUT2D eigenvalue weighted by atomic mass is 10.0. The molecule has 0 aliphatic heterocycles. The van der Waals surface area contributed by atoms with Crippen LogP contribution in [0.5, 0.6) is 0 Å². The molecule has 8 heteroatoms. The van der Waals surface area contributed by atoms with E-state index in [1.807, 2.05) is 18.2 Å². The monoisotopic (exact) mass is 395 g/mol. The molecule has 0 aromatic carbocycles. The van der Waals surface area contributed by atoms with E-state index in [2.05, 4.69) is 16.5 Å². The Bertz CT molecular complexity index is 892. The molecule has 2 aromatic heterocycles. The number of hydrazine groups is 1. The Morgan fingerprint density at radius 2 is 1.93 bits per heavy atom. The molecule has 0 bridgehead atoms. The summed E-state index contributed by atoms with van der Waals surface area (Å²) < 4.78 is 1.62. The summed E-state index contributed by atoms with van der Waals surface area (Å²) >= 11 is 0. The minimum Gasteiger partial charge on any atom is -0.399 e. The molecule has 2 aliphatic rings. The van der Waals surface area contributed by atoms with Crippen LogP contribution in [0.25, 0.3) is 5.52 Å². The zero-order valence-corrected chi connectivity index (χ0v) is 16.7. The number of amides is 1. The van der Waals surface area contributed by atoms with E-state index in [4.69, 9.17) is 16.8 Å². The van der Waals surface area contributed by atoms with Gasteiger partial charge >= 0.3 is 0 Å². The summed E-state index contributed by atoms with van der Waals surface area (Å²) in [4.78, 5) is 12.2. The fraction of sp³-hybridized carbons (Fsp3) is 0.476. The third-order valence-electron chi connectivity index (χ3n) is 5.36. The van der Waals surface area contributed by atoms with Crippen molar-refractivity contribution in [2.75, 3.05) is 6.54 Å². The molecule has 4 rings (SSSR count). The maximum Gasteiger partial charge on any atom is 0.255 e. The highest BCUT2D eigenvalue weighted by Gasteiger charge is 2.47. The summed E-state index contributed by atoms with van der Waals surface area (Å²) in [5.41, 5.74) is 6.78. The van der Waals surface area contributed by atoms with Crippen LogP contribution in [0.2, 0.25) is 0 Å². The number of carbonyl (C=O) groups excluding carboxylic acids is 1. The Morgan fingerprint density at radius 1 is 1.28 bits per heavy atom. The van der Waals surface area contributed by atoms with Gasteiger partial charge < -0.3 is 11.1 Å². The third kappa shape index (κ3) is 5.27. The van der Waals surface area contributed by atoms with E-state index in [1.165, 1.54) is 55.9 Å². The molecule has 0 radical (unpaired) electrons. The van der Waals surface area contributed by atoms with Gasteiger partial charge in [-0.1, -0.05) is 44.6 Å². The number of pyridine rings is 1. The average molecular weight is 396 g/mol. The van der Waals surface area contributed by atoms with Gasteiger partial charge in [-0.15, -0.1) is 0 Å². The Balaban J connectivity index is 0.000000343. The fourth-order valence-corrected chi connectivity index (χ4v) is 3.34. The van der Waals surface area contributed by atoms with E-state index >= 15 is 0 Å². The topological polar surface area (TPSA) is 125 Å². The molecule has 5 N–H and O–H groups in total. The lowest BCUT2D eigenvalue weighted by Gasteiger charge is -2.20. The molecule has 0 spiro atoms. The van der Waals surface area contributed by atoms with Crippen LogP contribution in [0.1, 0.15) is 61.7 Å². The number of fused-ring (bicyclic) bond motifs is 1. The lowest BCUT2D eigenvalue weighted by molar-refractivity contribution is 0.0958. The number of nitrogens with one attached hydrogen (secondary N) is 1. The number of hydrogen-bond donors (Lipinski definition) is 3. The van der Waals surface area contributed by atoms with Crippen molar-refractivity contribution < 1.29 is 4.79 Å². The predicted octanol–water partition coefficient (Wildman–Crippen LogP) is 2.44. The van der Waals surface area contributed by atoms with E-state index in [9.17, 15) is 4.79 Å². The number of carbonyl (C=O) groups is 1. The predicted molar refractivity (Wildman–Crippen MR) is 111 cm³/mol. The van der Waals surface area contributed by atoms with Gasteiger partial charge in [0.2, 0.25) is 0 Å². The van der Waals surface area contributed by atoms with Crippen LogP contribution in [0.15, 0.2) is 42.5 Å². The second-order valence-corrected chi connectivity index (χ2v) is 7.65. The van der Waals surface area contributed by atoms with Crippen LogP contribution in [0, 0.1) is 11.3 Å². The van der Waals surface area contributed by atoms with Crippen molar-refractivity contribution in [1.29, 1.82) is 5.26 Å². The Morgan fingerprint density at radius 3 is 2.52 bits per heavy atom. The number of hydrogen-bond acceptors (Lipinski definition) is 6. The third-order valence-corrected chi connectivity index (χ3v) is 5.36. The van der Waals surface area contributed by atoms with Crippen LogP contribution in [-0.4, -0.2) is 32.6 Å². The average Bonchev–Trinajstić information content (AvgIpc) is 3.46. The molecule has 0 unspecified atom stereocenters. The molecular weight excluding hydrogens is 366 g/mol. The summed E-state index contributed by atoms with van der Waals surface area (Å²) in [6.45, 7) is 0.137. The summed E-state index contributed by atoms with van der Waals surface area (Å²) in [6.07, 6.45) is 15.2. The largest absolute Gasteiger partial charge is 0.399 e. The van der Waals surface area contributed by atoms with Gasteiger partial charge in [0.25, 0.3) is 5.91 Å². The van der Waals surface area contributed by atoms with E-state index in [0.717, 1.165) is 18.4 Å². The van der Waals surface area contributed by atoms with Crippen LogP contribution >= 0.6 is 0 Å². The van der Waals surface area contributed by atoms with Crippen LogP contribution in [0.4, 0.5) is 0 Å². The first kappa shape index (κ1) is 20.7. The van der Waals surface area contributed by atoms with Crippen LogP contribution in [0.3, 0.4) is 0 Å². The molecule has 2 heterocycles. The number of aromatic nitrogens is 2. The zero-order chi connectivity index (χ0) is 20.7. The number of nitrogens with two attached hydrogens (primary N) is 2. The molecule has 29 heavy (non-hydrogen) atoms. The van der Waals surface area contributed by atoms with Gasteiger partial charge in [0.15, 0.2) is 0 Å². The van der Waals surface area contributed by atoms with E-state index in [1.54, 1.807) is 10.7 Å². The quantitative estimate of drug-likeness (QED) is 0.527. The first-order chi connectivity index (χ1) is 14.1. The van der Waals surface area contributed by atoms with Gasteiger partial charge in [0.1, 0.15) is 5.54 Å². The van der Waals surface area contributed by atoms with Crippen molar-refractivity contribution in [2.45, 2.75) is 56.9 Å². The summed E-state index contributed by atoms with van der Waals surface area (Å²) in [7, 11) is 0. The highest BCUT2D eigenvalue weighted by atomic mass is 16.1. The first-order valence-electron chi connectivity index (χ1n) is 10.2. The molecule has 2 aliphatic carbocycles. The molecule has 1 amide bonds. The molecule has 0 atom stereocenters. The highest BCUT2D eigenvalue weighted by Crippen LogP contribution is 2.39. The van der Waals surface area contributed by atoms with Gasteiger partial charge in [-0.3, -0.25) is 9.80 Å². The Labute approximate surface area is 171 Å². The molecule has 154 valence electrons. The van der Waals surface area contributed by atoms with E-state index < -0.39 is 5.54 Å². The number of rotatable bonds is 5. The number of nitriles is 1. The molecular formula is C21H29N7O. The smallest absolute Gasteiger partial charge is 0.255 e. The first-order valence-corrected chi connectivity index (χ1v) is 10.2. The SMILES string of the molecule is C1CCCCC1.N#CC1(N(N)/C=C(\N)CNC(=O)c2cnn3ccccc23)CC1. The molecule has 2 fully saturated rings. The summed E-state index contributed by atoms with van der Waals surface area (Å²) in [5.74, 6) is 5.56.